The van der Waals surface area contributed by atoms with Crippen LogP contribution >= 0.6 is 15.9 Å². The Balaban J connectivity index is 2.43. The highest BCUT2D eigenvalue weighted by Crippen LogP contribution is 2.27. The van der Waals surface area contributed by atoms with Crippen LogP contribution in [0.2, 0.25) is 0 Å². The van der Waals surface area contributed by atoms with Crippen LogP contribution in [0.15, 0.2) is 22.7 Å². The lowest BCUT2D eigenvalue weighted by molar-refractivity contribution is 0.0542. The molecular weight excluding hydrogens is 298 g/mol. The van der Waals surface area contributed by atoms with Crippen molar-refractivity contribution in [3.05, 3.63) is 28.2 Å². The van der Waals surface area contributed by atoms with Gasteiger partial charge in [0.15, 0.2) is 0 Å². The van der Waals surface area contributed by atoms with Crippen LogP contribution in [0.5, 0.6) is 5.75 Å². The van der Waals surface area contributed by atoms with Crippen LogP contribution in [0.1, 0.15) is 18.5 Å². The second-order valence-corrected chi connectivity index (χ2v) is 4.84. The van der Waals surface area contributed by atoms with Gasteiger partial charge in [-0.05, 0) is 19.1 Å². The summed E-state index contributed by atoms with van der Waals surface area (Å²) >= 11 is 3.42. The SMILES string of the molecule is COCCOCCOc1cc(Br)ccc1C(C)N. The predicted octanol–water partition coefficient (Wildman–Crippen LogP) is 2.51. The quantitative estimate of drug-likeness (QED) is 0.748. The summed E-state index contributed by atoms with van der Waals surface area (Å²) in [6.45, 7) is 4.15. The molecule has 4 nitrogen and oxygen atoms in total. The first kappa shape index (κ1) is 15.4. The molecule has 1 unspecified atom stereocenters. The van der Waals surface area contributed by atoms with E-state index < -0.39 is 0 Å². The lowest BCUT2D eigenvalue weighted by atomic mass is 10.1. The van der Waals surface area contributed by atoms with Gasteiger partial charge in [0, 0.05) is 23.2 Å². The van der Waals surface area contributed by atoms with Gasteiger partial charge in [-0.25, -0.2) is 0 Å². The summed E-state index contributed by atoms with van der Waals surface area (Å²) in [6.07, 6.45) is 0. The first-order chi connectivity index (χ1) is 8.65. The molecule has 2 N–H and O–H groups in total. The lowest BCUT2D eigenvalue weighted by Crippen LogP contribution is -2.12. The van der Waals surface area contributed by atoms with Gasteiger partial charge in [-0.3, -0.25) is 0 Å². The van der Waals surface area contributed by atoms with E-state index in [1.807, 2.05) is 25.1 Å². The Morgan fingerprint density at radius 1 is 1.22 bits per heavy atom. The standard InChI is InChI=1S/C13H20BrNO3/c1-10(15)12-4-3-11(14)9-13(12)18-8-7-17-6-5-16-2/h3-4,9-10H,5-8,15H2,1-2H3. The van der Waals surface area contributed by atoms with E-state index in [0.29, 0.717) is 26.4 Å². The van der Waals surface area contributed by atoms with Crippen LogP contribution in [0.25, 0.3) is 0 Å². The number of halogens is 1. The molecule has 0 amide bonds. The van der Waals surface area contributed by atoms with Crippen LogP contribution in [-0.4, -0.2) is 33.5 Å². The highest BCUT2D eigenvalue weighted by atomic mass is 79.9. The molecule has 1 atom stereocenters. The monoisotopic (exact) mass is 317 g/mol. The van der Waals surface area contributed by atoms with Crippen LogP contribution in [0.4, 0.5) is 0 Å². The van der Waals surface area contributed by atoms with Crippen molar-refractivity contribution in [2.24, 2.45) is 5.73 Å². The second-order valence-electron chi connectivity index (χ2n) is 3.92. The van der Waals surface area contributed by atoms with E-state index in [1.165, 1.54) is 0 Å². The molecule has 1 rings (SSSR count). The van der Waals surface area contributed by atoms with Crippen LogP contribution in [0.3, 0.4) is 0 Å². The van der Waals surface area contributed by atoms with Crippen molar-refractivity contribution in [1.82, 2.24) is 0 Å². The topological polar surface area (TPSA) is 53.7 Å². The number of benzene rings is 1. The molecule has 18 heavy (non-hydrogen) atoms. The van der Waals surface area contributed by atoms with Gasteiger partial charge < -0.3 is 19.9 Å². The minimum Gasteiger partial charge on any atom is -0.491 e. The Labute approximate surface area is 117 Å². The summed E-state index contributed by atoms with van der Waals surface area (Å²) in [7, 11) is 1.65. The maximum Gasteiger partial charge on any atom is 0.125 e. The van der Waals surface area contributed by atoms with Gasteiger partial charge in [0.05, 0.1) is 19.8 Å². The van der Waals surface area contributed by atoms with Gasteiger partial charge in [0.1, 0.15) is 12.4 Å². The zero-order valence-corrected chi connectivity index (χ0v) is 12.4. The minimum absolute atomic E-state index is 0.0532. The van der Waals surface area contributed by atoms with E-state index in [2.05, 4.69) is 15.9 Å². The Bertz CT molecular complexity index is 358. The molecule has 0 aromatic heterocycles. The van der Waals surface area contributed by atoms with E-state index in [9.17, 15) is 0 Å². The maximum absolute atomic E-state index is 5.89. The highest BCUT2D eigenvalue weighted by molar-refractivity contribution is 9.10. The Morgan fingerprint density at radius 2 is 1.94 bits per heavy atom. The molecule has 0 aliphatic heterocycles. The molecule has 102 valence electrons. The molecular formula is C13H20BrNO3. The summed E-state index contributed by atoms with van der Waals surface area (Å²) < 4.78 is 16.9. The van der Waals surface area contributed by atoms with Gasteiger partial charge in [-0.15, -0.1) is 0 Å². The van der Waals surface area contributed by atoms with Crippen molar-refractivity contribution in [2.75, 3.05) is 33.5 Å². The smallest absolute Gasteiger partial charge is 0.125 e. The van der Waals surface area contributed by atoms with Gasteiger partial charge in [-0.2, -0.15) is 0 Å². The number of methoxy groups -OCH3 is 1. The van der Waals surface area contributed by atoms with Gasteiger partial charge >= 0.3 is 0 Å². The van der Waals surface area contributed by atoms with Gasteiger partial charge in [-0.1, -0.05) is 22.0 Å². The van der Waals surface area contributed by atoms with Crippen molar-refractivity contribution in [2.45, 2.75) is 13.0 Å². The average Bonchev–Trinajstić information content (AvgIpc) is 2.33. The van der Waals surface area contributed by atoms with E-state index in [0.717, 1.165) is 15.8 Å². The molecule has 1 aromatic rings. The van der Waals surface area contributed by atoms with Crippen LogP contribution < -0.4 is 10.5 Å². The summed E-state index contributed by atoms with van der Waals surface area (Å²) in [6, 6.07) is 5.80. The summed E-state index contributed by atoms with van der Waals surface area (Å²) in [5, 5.41) is 0. The minimum atomic E-state index is -0.0532. The Hall–Kier alpha value is -0.620. The summed E-state index contributed by atoms with van der Waals surface area (Å²) in [4.78, 5) is 0. The fourth-order valence-electron chi connectivity index (χ4n) is 1.46. The van der Waals surface area contributed by atoms with Crippen LogP contribution in [-0.2, 0) is 9.47 Å². The molecule has 0 aliphatic carbocycles. The fourth-order valence-corrected chi connectivity index (χ4v) is 1.80. The van der Waals surface area contributed by atoms with Crippen LogP contribution in [0, 0.1) is 0 Å². The molecule has 0 fully saturated rings. The number of hydrogen-bond donors (Lipinski definition) is 1. The molecule has 0 spiro atoms. The van der Waals surface area contributed by atoms with E-state index in [4.69, 9.17) is 19.9 Å². The number of hydrogen-bond acceptors (Lipinski definition) is 4. The molecule has 0 saturated heterocycles. The summed E-state index contributed by atoms with van der Waals surface area (Å²) in [5.41, 5.74) is 6.89. The van der Waals surface area contributed by atoms with E-state index in [-0.39, 0.29) is 6.04 Å². The number of nitrogens with two attached hydrogens (primary N) is 1. The first-order valence-electron chi connectivity index (χ1n) is 5.89. The van der Waals surface area contributed by atoms with E-state index in [1.54, 1.807) is 7.11 Å². The van der Waals surface area contributed by atoms with Crippen molar-refractivity contribution in [3.8, 4) is 5.75 Å². The molecule has 0 bridgehead atoms. The van der Waals surface area contributed by atoms with Crippen molar-refractivity contribution < 1.29 is 14.2 Å². The first-order valence-corrected chi connectivity index (χ1v) is 6.69. The summed E-state index contributed by atoms with van der Waals surface area (Å²) in [5.74, 6) is 0.801. The van der Waals surface area contributed by atoms with Gasteiger partial charge in [0.25, 0.3) is 0 Å². The average molecular weight is 318 g/mol. The van der Waals surface area contributed by atoms with Crippen molar-refractivity contribution in [3.63, 3.8) is 0 Å². The normalized spacial score (nSPS) is 12.4. The fraction of sp³-hybridized carbons (Fsp3) is 0.538. The zero-order chi connectivity index (χ0) is 13.4. The molecule has 0 aliphatic rings. The highest BCUT2D eigenvalue weighted by Gasteiger charge is 2.08. The molecule has 0 saturated carbocycles. The third-order valence-corrected chi connectivity index (χ3v) is 2.88. The van der Waals surface area contributed by atoms with E-state index >= 15 is 0 Å². The zero-order valence-electron chi connectivity index (χ0n) is 10.8. The Kier molecular flexibility index (Phi) is 7.27. The molecule has 0 heterocycles. The number of rotatable bonds is 8. The van der Waals surface area contributed by atoms with Crippen molar-refractivity contribution in [1.29, 1.82) is 0 Å². The number of ether oxygens (including phenoxy) is 3. The maximum atomic E-state index is 5.89. The molecule has 5 heteroatoms. The third-order valence-electron chi connectivity index (χ3n) is 2.38. The third kappa shape index (κ3) is 5.35. The Morgan fingerprint density at radius 3 is 2.61 bits per heavy atom. The molecule has 0 radical (unpaired) electrons. The van der Waals surface area contributed by atoms with Crippen molar-refractivity contribution >= 4 is 15.9 Å². The predicted molar refractivity (Wildman–Crippen MR) is 74.9 cm³/mol. The second kappa shape index (κ2) is 8.48. The van der Waals surface area contributed by atoms with Gasteiger partial charge in [0.2, 0.25) is 0 Å². The molecule has 1 aromatic carbocycles. The largest absolute Gasteiger partial charge is 0.491 e. The lowest BCUT2D eigenvalue weighted by Gasteiger charge is -2.14.